The van der Waals surface area contributed by atoms with E-state index in [-0.39, 0.29) is 16.9 Å². The first-order valence-corrected chi connectivity index (χ1v) is 12.5. The van der Waals surface area contributed by atoms with Gasteiger partial charge in [-0.3, -0.25) is 9.79 Å². The molecule has 1 aromatic carbocycles. The number of hydrogen-bond donors (Lipinski definition) is 3. The van der Waals surface area contributed by atoms with Gasteiger partial charge in [0.05, 0.1) is 5.56 Å². The molecular weight excluding hydrogens is 438 g/mol. The van der Waals surface area contributed by atoms with E-state index in [0.717, 1.165) is 12.1 Å². The molecule has 182 valence electrons. The maximum Gasteiger partial charge on any atom is 0.260 e. The molecular formula is C27H33N7O. The first-order chi connectivity index (χ1) is 16.9. The molecule has 2 heterocycles. The maximum atomic E-state index is 13.1. The molecule has 2 aliphatic carbocycles. The van der Waals surface area contributed by atoms with Crippen LogP contribution in [0.1, 0.15) is 69.4 Å². The van der Waals surface area contributed by atoms with Crippen LogP contribution in [0, 0.1) is 11.3 Å². The molecule has 3 aromatic rings. The zero-order valence-electron chi connectivity index (χ0n) is 20.4. The number of aromatic amines is 2. The normalized spacial score (nSPS) is 18.9. The summed E-state index contributed by atoms with van der Waals surface area (Å²) in [6, 6.07) is 10.4. The van der Waals surface area contributed by atoms with Crippen LogP contribution in [0.5, 0.6) is 0 Å². The van der Waals surface area contributed by atoms with Gasteiger partial charge in [0.2, 0.25) is 5.82 Å². The number of benzene rings is 1. The first kappa shape index (κ1) is 23.2. The number of aliphatic imine (C=N–C) groups is 1. The van der Waals surface area contributed by atoms with Crippen LogP contribution in [0.4, 0.5) is 0 Å². The summed E-state index contributed by atoms with van der Waals surface area (Å²) in [5.41, 5.74) is 10.8. The highest BCUT2D eigenvalue weighted by molar-refractivity contribution is 5.88. The molecule has 0 radical (unpaired) electrons. The Morgan fingerprint density at radius 3 is 2.57 bits per heavy atom. The molecule has 0 amide bonds. The first-order valence-electron chi connectivity index (χ1n) is 12.5. The lowest BCUT2D eigenvalue weighted by molar-refractivity contribution is 0.224. The van der Waals surface area contributed by atoms with E-state index in [9.17, 15) is 4.79 Å². The number of nitrogens with zero attached hydrogens (tertiary/aromatic N) is 4. The van der Waals surface area contributed by atoms with Crippen LogP contribution in [-0.4, -0.2) is 38.4 Å². The molecule has 4 N–H and O–H groups in total. The van der Waals surface area contributed by atoms with Crippen molar-refractivity contribution in [3.8, 4) is 22.6 Å². The molecule has 2 saturated carbocycles. The minimum Gasteiger partial charge on any atom is -0.398 e. The lowest BCUT2D eigenvalue weighted by Gasteiger charge is -2.34. The smallest absolute Gasteiger partial charge is 0.260 e. The Morgan fingerprint density at radius 2 is 1.91 bits per heavy atom. The van der Waals surface area contributed by atoms with Crippen molar-refractivity contribution >= 4 is 11.9 Å². The fourth-order valence-corrected chi connectivity index (χ4v) is 4.83. The van der Waals surface area contributed by atoms with Crippen LogP contribution in [0.15, 0.2) is 46.2 Å². The van der Waals surface area contributed by atoms with Crippen LogP contribution in [0.2, 0.25) is 0 Å². The molecule has 8 heteroatoms. The highest BCUT2D eigenvalue weighted by atomic mass is 16.1. The van der Waals surface area contributed by atoms with E-state index >= 15 is 0 Å². The Morgan fingerprint density at radius 1 is 1.17 bits per heavy atom. The molecule has 0 aliphatic heterocycles. The molecule has 0 atom stereocenters. The van der Waals surface area contributed by atoms with E-state index in [2.05, 4.69) is 68.7 Å². The lowest BCUT2D eigenvalue weighted by Crippen LogP contribution is -2.20. The minimum absolute atomic E-state index is 0.203. The van der Waals surface area contributed by atoms with E-state index in [4.69, 9.17) is 5.73 Å². The summed E-state index contributed by atoms with van der Waals surface area (Å²) in [5, 5.41) is 14.0. The topological polar surface area (TPSA) is 126 Å². The molecule has 0 unspecified atom stereocenters. The molecule has 2 aliphatic rings. The average Bonchev–Trinajstić information content (AvgIpc) is 3.52. The summed E-state index contributed by atoms with van der Waals surface area (Å²) < 4.78 is 0. The van der Waals surface area contributed by atoms with E-state index < -0.39 is 0 Å². The van der Waals surface area contributed by atoms with Gasteiger partial charge < -0.3 is 10.7 Å². The number of H-pyrrole nitrogens is 2. The van der Waals surface area contributed by atoms with Gasteiger partial charge in [0.15, 0.2) is 0 Å². The summed E-state index contributed by atoms with van der Waals surface area (Å²) in [7, 11) is 0. The second-order valence-electron chi connectivity index (χ2n) is 10.7. The van der Waals surface area contributed by atoms with Crippen molar-refractivity contribution in [1.82, 2.24) is 25.6 Å². The second kappa shape index (κ2) is 9.60. The Hall–Kier alpha value is -3.55. The third-order valence-electron chi connectivity index (χ3n) is 7.37. The molecule has 5 rings (SSSR count). The molecule has 2 fully saturated rings. The number of rotatable bonds is 7. The molecule has 8 nitrogen and oxygen atoms in total. The average molecular weight is 472 g/mol. The van der Waals surface area contributed by atoms with Crippen LogP contribution >= 0.6 is 0 Å². The van der Waals surface area contributed by atoms with Gasteiger partial charge in [-0.2, -0.15) is 5.21 Å². The Labute approximate surface area is 205 Å². The van der Waals surface area contributed by atoms with Crippen molar-refractivity contribution in [1.29, 1.82) is 0 Å². The minimum atomic E-state index is -0.316. The van der Waals surface area contributed by atoms with Crippen molar-refractivity contribution in [3.05, 3.63) is 57.9 Å². The molecule has 0 saturated heterocycles. The highest BCUT2D eigenvalue weighted by Gasteiger charge is 2.27. The number of aromatic nitrogens is 5. The highest BCUT2D eigenvalue weighted by Crippen LogP contribution is 2.42. The molecule has 0 bridgehead atoms. The summed E-state index contributed by atoms with van der Waals surface area (Å²) in [4.78, 5) is 20.6. The quantitative estimate of drug-likeness (QED) is 0.431. The predicted octanol–water partition coefficient (Wildman–Crippen LogP) is 4.69. The summed E-state index contributed by atoms with van der Waals surface area (Å²) in [5.74, 6) is 1.50. The summed E-state index contributed by atoms with van der Waals surface area (Å²) in [6.07, 6.45) is 10.9. The molecule has 0 spiro atoms. The number of nitrogens with two attached hydrogens (primary N) is 1. The summed E-state index contributed by atoms with van der Waals surface area (Å²) in [6.45, 7) is 5.53. The SMILES string of the molecule is CC1(C)CCC(c2ccc(-c3cc(C(N)=CC=NCC4CC4)c(-c4nn[nH]n4)c(=O)[nH]3)cc2)CC1. The van der Waals surface area contributed by atoms with Gasteiger partial charge in [0, 0.05) is 29.7 Å². The third-order valence-corrected chi connectivity index (χ3v) is 7.37. The van der Waals surface area contributed by atoms with Gasteiger partial charge in [0.25, 0.3) is 5.56 Å². The van der Waals surface area contributed by atoms with E-state index in [0.29, 0.717) is 34.2 Å². The molecule has 35 heavy (non-hydrogen) atoms. The van der Waals surface area contributed by atoms with Gasteiger partial charge in [-0.25, -0.2) is 0 Å². The Bertz CT molecular complexity index is 1270. The van der Waals surface area contributed by atoms with Crippen LogP contribution in [0.3, 0.4) is 0 Å². The fraction of sp³-hybridized carbons (Fsp3) is 0.444. The number of nitrogens with one attached hydrogen (secondary N) is 2. The number of allylic oxidation sites excluding steroid dienone is 1. The van der Waals surface area contributed by atoms with Crippen molar-refractivity contribution in [2.45, 2.75) is 58.3 Å². The van der Waals surface area contributed by atoms with Gasteiger partial charge in [-0.05, 0) is 84.3 Å². The monoisotopic (exact) mass is 471 g/mol. The zero-order chi connectivity index (χ0) is 24.4. The Kier molecular flexibility index (Phi) is 6.36. The standard InChI is InChI=1S/C27H33N7O/c1-27(2)12-9-19(10-13-27)18-5-7-20(8-6-18)23-15-21(22(28)11-14-29-16-17-3-4-17)24(26(35)30-23)25-31-33-34-32-25/h5-8,11,14-15,17,19H,3-4,9-10,12-13,16,28H2,1-2H3,(H,30,35)(H,31,32,33,34). The predicted molar refractivity (Wildman–Crippen MR) is 139 cm³/mol. The van der Waals surface area contributed by atoms with Gasteiger partial charge in [-0.1, -0.05) is 38.1 Å². The maximum absolute atomic E-state index is 13.1. The Balaban J connectivity index is 1.45. The number of tetrazole rings is 1. The number of pyridine rings is 1. The van der Waals surface area contributed by atoms with E-state index in [1.54, 1.807) is 12.3 Å². The lowest BCUT2D eigenvalue weighted by atomic mass is 9.71. The number of hydrogen-bond acceptors (Lipinski definition) is 6. The van der Waals surface area contributed by atoms with Crippen molar-refractivity contribution in [2.24, 2.45) is 22.1 Å². The van der Waals surface area contributed by atoms with Crippen LogP contribution in [0.25, 0.3) is 28.3 Å². The summed E-state index contributed by atoms with van der Waals surface area (Å²) >= 11 is 0. The van der Waals surface area contributed by atoms with Crippen molar-refractivity contribution in [3.63, 3.8) is 0 Å². The zero-order valence-corrected chi connectivity index (χ0v) is 20.4. The van der Waals surface area contributed by atoms with E-state index in [1.807, 2.05) is 6.07 Å². The van der Waals surface area contributed by atoms with Gasteiger partial charge in [-0.15, -0.1) is 10.2 Å². The van der Waals surface area contributed by atoms with Gasteiger partial charge >= 0.3 is 0 Å². The van der Waals surface area contributed by atoms with Crippen LogP contribution in [-0.2, 0) is 0 Å². The van der Waals surface area contributed by atoms with Crippen LogP contribution < -0.4 is 11.3 Å². The largest absolute Gasteiger partial charge is 0.398 e. The van der Waals surface area contributed by atoms with Gasteiger partial charge in [0.1, 0.15) is 0 Å². The fourth-order valence-electron chi connectivity index (χ4n) is 4.83. The molecule has 2 aromatic heterocycles. The van der Waals surface area contributed by atoms with Crippen molar-refractivity contribution in [2.75, 3.05) is 6.54 Å². The third kappa shape index (κ3) is 5.42. The van der Waals surface area contributed by atoms with E-state index in [1.165, 1.54) is 44.1 Å². The van der Waals surface area contributed by atoms with Crippen molar-refractivity contribution < 1.29 is 0 Å². The second-order valence-corrected chi connectivity index (χ2v) is 10.7.